The predicted molar refractivity (Wildman–Crippen MR) is 127 cm³/mol. The standard InChI is InChI=1S/C26H24N6O2/c1-17-25(23-14-20(32-34-23)19-5-3-4-6-22(19)33-2)31-21(15-30-17)18-7-10-29-24(13-18)26(16-27)8-11-28-12-9-26/h3-7,10,13-15,28H,8-9,11-12H2,1-2H3. The summed E-state index contributed by atoms with van der Waals surface area (Å²) in [6.45, 7) is 3.48. The first-order valence-electron chi connectivity index (χ1n) is 11.2. The minimum atomic E-state index is -0.587. The SMILES string of the molecule is COc1ccccc1-c1cc(-c2nc(-c3ccnc(C4(C#N)CCNCC4)c3)cnc2C)on1. The number of nitrogens with one attached hydrogen (secondary N) is 1. The van der Waals surface area contributed by atoms with Crippen LogP contribution in [0.5, 0.6) is 5.75 Å². The summed E-state index contributed by atoms with van der Waals surface area (Å²) in [5.41, 5.74) is 4.57. The maximum atomic E-state index is 9.95. The number of nitrogens with zero attached hydrogens (tertiary/aromatic N) is 5. The van der Waals surface area contributed by atoms with E-state index in [0.29, 0.717) is 28.6 Å². The molecule has 1 saturated heterocycles. The molecule has 0 atom stereocenters. The number of hydrogen-bond donors (Lipinski definition) is 1. The molecule has 3 aromatic heterocycles. The third-order valence-corrected chi connectivity index (χ3v) is 6.30. The molecule has 1 aromatic carbocycles. The summed E-state index contributed by atoms with van der Waals surface area (Å²) < 4.78 is 11.1. The number of methoxy groups -OCH3 is 1. The highest BCUT2D eigenvalue weighted by Crippen LogP contribution is 2.35. The van der Waals surface area contributed by atoms with E-state index >= 15 is 0 Å². The van der Waals surface area contributed by atoms with Crippen LogP contribution in [0, 0.1) is 18.3 Å². The number of aromatic nitrogens is 4. The Hall–Kier alpha value is -4.09. The van der Waals surface area contributed by atoms with E-state index < -0.39 is 5.41 Å². The van der Waals surface area contributed by atoms with Crippen molar-refractivity contribution in [2.45, 2.75) is 25.2 Å². The molecule has 170 valence electrons. The van der Waals surface area contributed by atoms with E-state index in [0.717, 1.165) is 48.4 Å². The minimum Gasteiger partial charge on any atom is -0.496 e. The Bertz CT molecular complexity index is 1370. The van der Waals surface area contributed by atoms with Gasteiger partial charge in [-0.15, -0.1) is 0 Å². The van der Waals surface area contributed by atoms with Crippen LogP contribution in [0.1, 0.15) is 24.2 Å². The van der Waals surface area contributed by atoms with Gasteiger partial charge in [-0.3, -0.25) is 9.97 Å². The van der Waals surface area contributed by atoms with Gasteiger partial charge in [0.2, 0.25) is 0 Å². The van der Waals surface area contributed by atoms with Gasteiger partial charge in [0.05, 0.1) is 36.5 Å². The molecule has 1 N–H and O–H groups in total. The first-order valence-corrected chi connectivity index (χ1v) is 11.2. The molecule has 8 nitrogen and oxygen atoms in total. The second kappa shape index (κ2) is 9.04. The number of para-hydroxylation sites is 1. The molecule has 8 heteroatoms. The Morgan fingerprint density at radius 1 is 1.09 bits per heavy atom. The fraction of sp³-hybridized carbons (Fsp3) is 0.269. The Morgan fingerprint density at radius 3 is 2.71 bits per heavy atom. The van der Waals surface area contributed by atoms with Crippen molar-refractivity contribution in [2.75, 3.05) is 20.2 Å². The number of aryl methyl sites for hydroxylation is 1. The van der Waals surface area contributed by atoms with Gasteiger partial charge in [-0.25, -0.2) is 4.98 Å². The van der Waals surface area contributed by atoms with Crippen molar-refractivity contribution < 1.29 is 9.26 Å². The van der Waals surface area contributed by atoms with Gasteiger partial charge < -0.3 is 14.6 Å². The van der Waals surface area contributed by atoms with Crippen LogP contribution in [0.25, 0.3) is 34.0 Å². The molecule has 0 amide bonds. The average molecular weight is 453 g/mol. The lowest BCUT2D eigenvalue weighted by atomic mass is 9.77. The summed E-state index contributed by atoms with van der Waals surface area (Å²) in [4.78, 5) is 13.9. The monoisotopic (exact) mass is 452 g/mol. The van der Waals surface area contributed by atoms with E-state index in [4.69, 9.17) is 14.2 Å². The molecule has 0 unspecified atom stereocenters. The number of piperidine rings is 1. The Labute approximate surface area is 197 Å². The van der Waals surface area contributed by atoms with Crippen LogP contribution in [0.4, 0.5) is 0 Å². The van der Waals surface area contributed by atoms with Gasteiger partial charge in [-0.1, -0.05) is 17.3 Å². The molecule has 1 aliphatic heterocycles. The summed E-state index contributed by atoms with van der Waals surface area (Å²) in [5, 5.41) is 17.5. The first-order chi connectivity index (χ1) is 16.6. The summed E-state index contributed by atoms with van der Waals surface area (Å²) >= 11 is 0. The van der Waals surface area contributed by atoms with Gasteiger partial charge in [0.15, 0.2) is 5.76 Å². The molecule has 4 heterocycles. The number of rotatable bonds is 5. The normalized spacial score (nSPS) is 15.0. The molecular formula is C26H24N6O2. The Kier molecular flexibility index (Phi) is 5.78. The molecular weight excluding hydrogens is 428 g/mol. The maximum Gasteiger partial charge on any atom is 0.187 e. The van der Waals surface area contributed by atoms with E-state index in [9.17, 15) is 5.26 Å². The highest BCUT2D eigenvalue weighted by molar-refractivity contribution is 5.71. The van der Waals surface area contributed by atoms with Crippen LogP contribution in [0.15, 0.2) is 59.4 Å². The van der Waals surface area contributed by atoms with Crippen LogP contribution < -0.4 is 10.1 Å². The van der Waals surface area contributed by atoms with Crippen molar-refractivity contribution in [1.29, 1.82) is 5.26 Å². The first kappa shape index (κ1) is 21.7. The van der Waals surface area contributed by atoms with Crippen LogP contribution >= 0.6 is 0 Å². The molecule has 1 aliphatic rings. The van der Waals surface area contributed by atoms with E-state index in [2.05, 4.69) is 26.5 Å². The number of benzene rings is 1. The summed E-state index contributed by atoms with van der Waals surface area (Å²) in [6, 6.07) is 15.8. The van der Waals surface area contributed by atoms with E-state index in [-0.39, 0.29) is 0 Å². The van der Waals surface area contributed by atoms with Crippen molar-refractivity contribution in [3.05, 3.63) is 66.2 Å². The van der Waals surface area contributed by atoms with E-state index in [1.54, 1.807) is 19.5 Å². The fourth-order valence-electron chi connectivity index (χ4n) is 4.32. The smallest absolute Gasteiger partial charge is 0.187 e. The lowest BCUT2D eigenvalue weighted by molar-refractivity contribution is 0.375. The molecule has 34 heavy (non-hydrogen) atoms. The molecule has 0 saturated carbocycles. The van der Waals surface area contributed by atoms with Crippen LogP contribution in [0.3, 0.4) is 0 Å². The van der Waals surface area contributed by atoms with E-state index in [1.807, 2.05) is 49.4 Å². The quantitative estimate of drug-likeness (QED) is 0.477. The molecule has 0 aliphatic carbocycles. The molecule has 4 aromatic rings. The van der Waals surface area contributed by atoms with Crippen molar-refractivity contribution >= 4 is 0 Å². The van der Waals surface area contributed by atoms with Gasteiger partial charge in [0.1, 0.15) is 22.6 Å². The number of ether oxygens (including phenoxy) is 1. The van der Waals surface area contributed by atoms with Gasteiger partial charge in [0.25, 0.3) is 0 Å². The average Bonchev–Trinajstić information content (AvgIpc) is 3.39. The summed E-state index contributed by atoms with van der Waals surface area (Å²) in [7, 11) is 1.63. The molecule has 5 rings (SSSR count). The van der Waals surface area contributed by atoms with Crippen molar-refractivity contribution in [3.8, 4) is 45.8 Å². The largest absolute Gasteiger partial charge is 0.496 e. The molecule has 1 fully saturated rings. The van der Waals surface area contributed by atoms with Crippen molar-refractivity contribution in [1.82, 2.24) is 25.4 Å². The van der Waals surface area contributed by atoms with Gasteiger partial charge in [-0.2, -0.15) is 5.26 Å². The zero-order valence-corrected chi connectivity index (χ0v) is 19.1. The number of hydrogen-bond acceptors (Lipinski definition) is 8. The summed E-state index contributed by atoms with van der Waals surface area (Å²) in [5.74, 6) is 1.24. The lowest BCUT2D eigenvalue weighted by Gasteiger charge is -2.30. The van der Waals surface area contributed by atoms with Gasteiger partial charge >= 0.3 is 0 Å². The molecule has 0 bridgehead atoms. The fourth-order valence-corrected chi connectivity index (χ4v) is 4.32. The highest BCUT2D eigenvalue weighted by atomic mass is 16.5. The highest BCUT2D eigenvalue weighted by Gasteiger charge is 2.35. The lowest BCUT2D eigenvalue weighted by Crippen LogP contribution is -2.39. The third-order valence-electron chi connectivity index (χ3n) is 6.30. The van der Waals surface area contributed by atoms with Crippen molar-refractivity contribution in [2.24, 2.45) is 0 Å². The van der Waals surface area contributed by atoms with Crippen LogP contribution in [-0.4, -0.2) is 40.3 Å². The third kappa shape index (κ3) is 3.91. The zero-order chi connectivity index (χ0) is 23.5. The number of nitriles is 1. The second-order valence-corrected chi connectivity index (χ2v) is 8.34. The van der Waals surface area contributed by atoms with Gasteiger partial charge in [-0.05, 0) is 57.1 Å². The second-order valence-electron chi connectivity index (χ2n) is 8.34. The topological polar surface area (TPSA) is 110 Å². The Morgan fingerprint density at radius 2 is 1.91 bits per heavy atom. The van der Waals surface area contributed by atoms with Crippen LogP contribution in [0.2, 0.25) is 0 Å². The molecule has 0 radical (unpaired) electrons. The maximum absolute atomic E-state index is 9.95. The predicted octanol–water partition coefficient (Wildman–Crippen LogP) is 4.32. The molecule has 0 spiro atoms. The van der Waals surface area contributed by atoms with E-state index in [1.165, 1.54) is 0 Å². The van der Waals surface area contributed by atoms with Crippen molar-refractivity contribution in [3.63, 3.8) is 0 Å². The zero-order valence-electron chi connectivity index (χ0n) is 19.1. The minimum absolute atomic E-state index is 0.522. The summed E-state index contributed by atoms with van der Waals surface area (Å²) in [6.07, 6.45) is 4.93. The van der Waals surface area contributed by atoms with Crippen LogP contribution in [-0.2, 0) is 5.41 Å². The number of pyridine rings is 1. The van der Waals surface area contributed by atoms with Gasteiger partial charge in [0, 0.05) is 23.4 Å². The Balaban J connectivity index is 1.51.